The Morgan fingerprint density at radius 3 is 1.14 bits per heavy atom. The molecule has 0 aromatic heterocycles. The van der Waals surface area contributed by atoms with E-state index >= 15 is 0 Å². The van der Waals surface area contributed by atoms with Crippen LogP contribution in [-0.2, 0) is 19.2 Å². The highest BCUT2D eigenvalue weighted by atomic mass is 16.4. The summed E-state index contributed by atoms with van der Waals surface area (Å²) in [7, 11) is 0. The standard InChI is InChI=1S/C14H10O8/c15-11(16)9(12(17)18)5-7-3-1-2-4-8(7)6-10(13(19)20)14(21)22/h1-6H,(H,15,16)(H,17,18)(H,19,20)(H,21,22). The van der Waals surface area contributed by atoms with E-state index < -0.39 is 35.0 Å². The van der Waals surface area contributed by atoms with Crippen LogP contribution in [-0.4, -0.2) is 44.3 Å². The number of carboxylic acid groups (broad SMARTS) is 4. The Labute approximate surface area is 123 Å². The molecule has 0 aliphatic carbocycles. The van der Waals surface area contributed by atoms with Gasteiger partial charge in [-0.15, -0.1) is 0 Å². The van der Waals surface area contributed by atoms with Crippen molar-refractivity contribution in [3.63, 3.8) is 0 Å². The van der Waals surface area contributed by atoms with Crippen LogP contribution in [0.15, 0.2) is 35.4 Å². The molecule has 0 bridgehead atoms. The van der Waals surface area contributed by atoms with Gasteiger partial charge in [0.25, 0.3) is 0 Å². The van der Waals surface area contributed by atoms with E-state index in [1.165, 1.54) is 24.3 Å². The third-order valence-electron chi connectivity index (χ3n) is 2.52. The molecule has 0 amide bonds. The van der Waals surface area contributed by atoms with E-state index in [-0.39, 0.29) is 11.1 Å². The minimum Gasteiger partial charge on any atom is -0.477 e. The van der Waals surface area contributed by atoms with Gasteiger partial charge in [-0.1, -0.05) is 24.3 Å². The molecule has 1 aromatic rings. The number of benzene rings is 1. The summed E-state index contributed by atoms with van der Waals surface area (Å²) in [5, 5.41) is 35.2. The Balaban J connectivity index is 3.49. The highest BCUT2D eigenvalue weighted by molar-refractivity contribution is 6.18. The summed E-state index contributed by atoms with van der Waals surface area (Å²) in [6.07, 6.45) is 1.63. The van der Waals surface area contributed by atoms with Crippen molar-refractivity contribution in [2.45, 2.75) is 0 Å². The van der Waals surface area contributed by atoms with E-state index in [9.17, 15) is 19.2 Å². The van der Waals surface area contributed by atoms with Crippen LogP contribution in [0.5, 0.6) is 0 Å². The van der Waals surface area contributed by atoms with Gasteiger partial charge in [-0.2, -0.15) is 0 Å². The Kier molecular flexibility index (Phi) is 5.17. The van der Waals surface area contributed by atoms with Crippen molar-refractivity contribution in [3.8, 4) is 0 Å². The fraction of sp³-hybridized carbons (Fsp3) is 0. The maximum absolute atomic E-state index is 10.8. The van der Waals surface area contributed by atoms with Crippen molar-refractivity contribution in [1.82, 2.24) is 0 Å². The second-order valence-corrected chi connectivity index (χ2v) is 3.97. The fourth-order valence-corrected chi connectivity index (χ4v) is 1.51. The summed E-state index contributed by atoms with van der Waals surface area (Å²) in [6, 6.07) is 5.59. The first-order valence-corrected chi connectivity index (χ1v) is 5.69. The molecule has 4 N–H and O–H groups in total. The highest BCUT2D eigenvalue weighted by Gasteiger charge is 2.18. The Hall–Kier alpha value is -3.42. The first-order chi connectivity index (χ1) is 10.2. The normalized spacial score (nSPS) is 9.45. The van der Waals surface area contributed by atoms with Crippen molar-refractivity contribution < 1.29 is 39.6 Å². The van der Waals surface area contributed by atoms with E-state index in [2.05, 4.69) is 0 Å². The number of carbonyl (C=O) groups is 4. The molecule has 0 aliphatic rings. The summed E-state index contributed by atoms with van der Waals surface area (Å²) in [6.45, 7) is 0. The minimum atomic E-state index is -1.68. The van der Waals surface area contributed by atoms with Crippen LogP contribution in [0.4, 0.5) is 0 Å². The number of hydrogen-bond acceptors (Lipinski definition) is 4. The smallest absolute Gasteiger partial charge is 0.343 e. The molecule has 0 fully saturated rings. The summed E-state index contributed by atoms with van der Waals surface area (Å²) in [5.74, 6) is -6.71. The second-order valence-electron chi connectivity index (χ2n) is 3.97. The van der Waals surface area contributed by atoms with Gasteiger partial charge in [0.15, 0.2) is 0 Å². The molecule has 8 heteroatoms. The first-order valence-electron chi connectivity index (χ1n) is 5.69. The lowest BCUT2D eigenvalue weighted by atomic mass is 10.0. The zero-order valence-electron chi connectivity index (χ0n) is 10.9. The molecule has 1 aromatic carbocycles. The average Bonchev–Trinajstić information content (AvgIpc) is 2.41. The molecule has 0 unspecified atom stereocenters. The average molecular weight is 306 g/mol. The zero-order chi connectivity index (χ0) is 16.9. The molecule has 0 heterocycles. The summed E-state index contributed by atoms with van der Waals surface area (Å²) in [4.78, 5) is 43.4. The number of rotatable bonds is 6. The molecule has 0 atom stereocenters. The third-order valence-corrected chi connectivity index (χ3v) is 2.52. The number of aliphatic carboxylic acids is 4. The van der Waals surface area contributed by atoms with Crippen LogP contribution < -0.4 is 0 Å². The van der Waals surface area contributed by atoms with Gasteiger partial charge in [-0.05, 0) is 23.3 Å². The summed E-state index contributed by atoms with van der Waals surface area (Å²) < 4.78 is 0. The van der Waals surface area contributed by atoms with Gasteiger partial charge in [-0.25, -0.2) is 19.2 Å². The van der Waals surface area contributed by atoms with Crippen LogP contribution in [0.25, 0.3) is 12.2 Å². The van der Waals surface area contributed by atoms with Gasteiger partial charge >= 0.3 is 23.9 Å². The molecular formula is C14H10O8. The predicted molar refractivity (Wildman–Crippen MR) is 72.9 cm³/mol. The van der Waals surface area contributed by atoms with E-state index in [0.717, 1.165) is 12.2 Å². The maximum Gasteiger partial charge on any atom is 0.343 e. The van der Waals surface area contributed by atoms with Gasteiger partial charge in [-0.3, -0.25) is 0 Å². The van der Waals surface area contributed by atoms with Gasteiger partial charge in [0.2, 0.25) is 0 Å². The molecule has 22 heavy (non-hydrogen) atoms. The molecule has 1 rings (SSSR count). The summed E-state index contributed by atoms with van der Waals surface area (Å²) in [5.41, 5.74) is -1.76. The first kappa shape index (κ1) is 16.6. The molecular weight excluding hydrogens is 296 g/mol. The zero-order valence-corrected chi connectivity index (χ0v) is 10.9. The Morgan fingerprint density at radius 2 is 0.909 bits per heavy atom. The van der Waals surface area contributed by atoms with Gasteiger partial charge in [0.1, 0.15) is 11.1 Å². The van der Waals surface area contributed by atoms with Crippen LogP contribution in [0.3, 0.4) is 0 Å². The predicted octanol–water partition coefficient (Wildman–Crippen LogP) is 0.792. The van der Waals surface area contributed by atoms with Crippen molar-refractivity contribution >= 4 is 36.0 Å². The van der Waals surface area contributed by atoms with Crippen LogP contribution in [0.2, 0.25) is 0 Å². The molecule has 0 saturated heterocycles. The topological polar surface area (TPSA) is 149 Å². The van der Waals surface area contributed by atoms with Crippen molar-refractivity contribution in [2.75, 3.05) is 0 Å². The minimum absolute atomic E-state index is 0.0577. The van der Waals surface area contributed by atoms with E-state index in [4.69, 9.17) is 20.4 Å². The fourth-order valence-electron chi connectivity index (χ4n) is 1.51. The monoisotopic (exact) mass is 306 g/mol. The number of carboxylic acids is 4. The Bertz CT molecular complexity index is 618. The Morgan fingerprint density at radius 1 is 0.636 bits per heavy atom. The van der Waals surface area contributed by atoms with Crippen molar-refractivity contribution in [3.05, 3.63) is 46.5 Å². The quantitative estimate of drug-likeness (QED) is 0.342. The molecule has 114 valence electrons. The van der Waals surface area contributed by atoms with Gasteiger partial charge < -0.3 is 20.4 Å². The lowest BCUT2D eigenvalue weighted by Crippen LogP contribution is -2.12. The molecule has 0 aliphatic heterocycles. The largest absolute Gasteiger partial charge is 0.477 e. The molecule has 0 saturated carbocycles. The van der Waals surface area contributed by atoms with E-state index in [0.29, 0.717) is 0 Å². The van der Waals surface area contributed by atoms with Gasteiger partial charge in [0.05, 0.1) is 0 Å². The van der Waals surface area contributed by atoms with Crippen LogP contribution >= 0.6 is 0 Å². The number of hydrogen-bond donors (Lipinski definition) is 4. The summed E-state index contributed by atoms with van der Waals surface area (Å²) >= 11 is 0. The molecule has 0 spiro atoms. The highest BCUT2D eigenvalue weighted by Crippen LogP contribution is 2.17. The van der Waals surface area contributed by atoms with Crippen LogP contribution in [0, 0.1) is 0 Å². The van der Waals surface area contributed by atoms with E-state index in [1.807, 2.05) is 0 Å². The third kappa shape index (κ3) is 4.04. The lowest BCUT2D eigenvalue weighted by molar-refractivity contribution is -0.142. The maximum atomic E-state index is 10.8. The molecule has 8 nitrogen and oxygen atoms in total. The van der Waals surface area contributed by atoms with Crippen molar-refractivity contribution in [1.29, 1.82) is 0 Å². The van der Waals surface area contributed by atoms with Gasteiger partial charge in [0, 0.05) is 0 Å². The molecule has 0 radical (unpaired) electrons. The van der Waals surface area contributed by atoms with Crippen LogP contribution in [0.1, 0.15) is 11.1 Å². The lowest BCUT2D eigenvalue weighted by Gasteiger charge is -2.03. The van der Waals surface area contributed by atoms with Crippen molar-refractivity contribution in [2.24, 2.45) is 0 Å². The second kappa shape index (κ2) is 6.84. The SMILES string of the molecule is O=C(O)C(=Cc1ccccc1C=C(C(=O)O)C(=O)O)C(=O)O. The van der Waals surface area contributed by atoms with E-state index in [1.54, 1.807) is 0 Å².